The molecule has 0 spiro atoms. The molecule has 1 unspecified atom stereocenters. The van der Waals surface area contributed by atoms with Crippen LogP contribution in [0.4, 0.5) is 4.79 Å². The van der Waals surface area contributed by atoms with Crippen LogP contribution in [0.5, 0.6) is 0 Å². The largest absolute Gasteiger partial charge is 0.445 e. The van der Waals surface area contributed by atoms with Crippen molar-refractivity contribution in [1.29, 1.82) is 0 Å². The third-order valence-electron chi connectivity index (χ3n) is 2.76. The van der Waals surface area contributed by atoms with Crippen molar-refractivity contribution < 1.29 is 14.3 Å². The second-order valence-corrected chi connectivity index (χ2v) is 5.54. The average Bonchev–Trinajstić information content (AvgIpc) is 2.99. The van der Waals surface area contributed by atoms with Crippen molar-refractivity contribution in [3.8, 4) is 0 Å². The quantitative estimate of drug-likeness (QED) is 0.884. The Bertz CT molecular complexity index is 534. The molecule has 1 aliphatic rings. The molecule has 0 aliphatic carbocycles. The van der Waals surface area contributed by atoms with Gasteiger partial charge in [-0.2, -0.15) is 0 Å². The highest BCUT2D eigenvalue weighted by Crippen LogP contribution is 2.08. The van der Waals surface area contributed by atoms with E-state index in [0.717, 1.165) is 11.3 Å². The fraction of sp³-hybridized carbons (Fsp3) is 0.357. The molecule has 21 heavy (non-hydrogen) atoms. The first-order valence-electron chi connectivity index (χ1n) is 6.60. The lowest BCUT2D eigenvalue weighted by atomic mass is 10.2. The highest BCUT2D eigenvalue weighted by molar-refractivity contribution is 8.14. The van der Waals surface area contributed by atoms with E-state index in [-0.39, 0.29) is 12.5 Å². The van der Waals surface area contributed by atoms with E-state index in [1.54, 1.807) is 6.92 Å². The Hall–Kier alpha value is -2.02. The van der Waals surface area contributed by atoms with Crippen molar-refractivity contribution in [2.75, 3.05) is 12.3 Å². The molecule has 2 N–H and O–H groups in total. The molecule has 2 amide bonds. The Kier molecular flexibility index (Phi) is 5.62. The number of rotatable bonds is 4. The van der Waals surface area contributed by atoms with E-state index in [1.165, 1.54) is 11.8 Å². The lowest BCUT2D eigenvalue weighted by Gasteiger charge is -2.13. The maximum atomic E-state index is 11.8. The van der Waals surface area contributed by atoms with E-state index in [9.17, 15) is 9.59 Å². The lowest BCUT2D eigenvalue weighted by Crippen LogP contribution is -2.46. The standard InChI is InChI=1S/C14H17N3O3S/c1-10(12(18)17-13-15-7-8-21-13)16-14(19)20-9-11-5-3-2-4-6-11/h2-6,10H,7-9H2,1H3,(H,16,19)(H,15,17,18). The van der Waals surface area contributed by atoms with Gasteiger partial charge in [0.1, 0.15) is 12.6 Å². The minimum atomic E-state index is -0.683. The summed E-state index contributed by atoms with van der Waals surface area (Å²) in [5.74, 6) is 0.566. The molecule has 2 rings (SSSR count). The summed E-state index contributed by atoms with van der Waals surface area (Å²) in [7, 11) is 0. The van der Waals surface area contributed by atoms with Crippen molar-refractivity contribution in [2.24, 2.45) is 4.99 Å². The van der Waals surface area contributed by atoms with Crippen molar-refractivity contribution in [3.05, 3.63) is 35.9 Å². The Morgan fingerprint density at radius 3 is 2.81 bits per heavy atom. The SMILES string of the molecule is CC(NC(=O)OCc1ccccc1)C(=O)NC1=NCCS1. The fourth-order valence-corrected chi connectivity index (χ4v) is 2.36. The number of benzene rings is 1. The van der Waals surface area contributed by atoms with Gasteiger partial charge in [0.2, 0.25) is 5.91 Å². The topological polar surface area (TPSA) is 79.8 Å². The molecule has 1 aromatic carbocycles. The number of amidine groups is 1. The minimum Gasteiger partial charge on any atom is -0.445 e. The first-order valence-corrected chi connectivity index (χ1v) is 7.59. The smallest absolute Gasteiger partial charge is 0.408 e. The van der Waals surface area contributed by atoms with Crippen LogP contribution >= 0.6 is 11.8 Å². The van der Waals surface area contributed by atoms with Crippen LogP contribution in [0.1, 0.15) is 12.5 Å². The minimum absolute atomic E-state index is 0.170. The zero-order valence-electron chi connectivity index (χ0n) is 11.7. The second kappa shape index (κ2) is 7.68. The summed E-state index contributed by atoms with van der Waals surface area (Å²) >= 11 is 1.49. The number of aliphatic imine (C=N–C) groups is 1. The van der Waals surface area contributed by atoms with E-state index in [4.69, 9.17) is 4.74 Å². The number of hydrogen-bond acceptors (Lipinski definition) is 5. The molecular weight excluding hydrogens is 290 g/mol. The zero-order chi connectivity index (χ0) is 15.1. The number of ether oxygens (including phenoxy) is 1. The Morgan fingerprint density at radius 2 is 2.14 bits per heavy atom. The highest BCUT2D eigenvalue weighted by Gasteiger charge is 2.19. The molecule has 0 saturated heterocycles. The van der Waals surface area contributed by atoms with Crippen molar-refractivity contribution >= 4 is 28.9 Å². The Labute approximate surface area is 127 Å². The molecule has 1 atom stereocenters. The van der Waals surface area contributed by atoms with Crippen LogP contribution in [-0.4, -0.2) is 35.5 Å². The molecule has 1 heterocycles. The summed E-state index contributed by atoms with van der Waals surface area (Å²) in [6.07, 6.45) is -0.623. The lowest BCUT2D eigenvalue weighted by molar-refractivity contribution is -0.121. The van der Waals surface area contributed by atoms with Gasteiger partial charge in [-0.1, -0.05) is 42.1 Å². The van der Waals surface area contributed by atoms with E-state index in [2.05, 4.69) is 15.6 Å². The van der Waals surface area contributed by atoms with Gasteiger partial charge in [-0.05, 0) is 12.5 Å². The van der Waals surface area contributed by atoms with Crippen LogP contribution in [0, 0.1) is 0 Å². The maximum absolute atomic E-state index is 11.8. The summed E-state index contributed by atoms with van der Waals surface area (Å²) in [5.41, 5.74) is 0.890. The molecular formula is C14H17N3O3S. The van der Waals surface area contributed by atoms with E-state index in [0.29, 0.717) is 11.7 Å². The summed E-state index contributed by atoms with van der Waals surface area (Å²) in [5, 5.41) is 5.75. The monoisotopic (exact) mass is 307 g/mol. The van der Waals surface area contributed by atoms with Crippen LogP contribution in [0.15, 0.2) is 35.3 Å². The Balaban J connectivity index is 1.72. The molecule has 0 radical (unpaired) electrons. The predicted molar refractivity (Wildman–Crippen MR) is 82.1 cm³/mol. The van der Waals surface area contributed by atoms with Gasteiger partial charge in [0, 0.05) is 5.75 Å². The Morgan fingerprint density at radius 1 is 1.38 bits per heavy atom. The number of nitrogens with one attached hydrogen (secondary N) is 2. The van der Waals surface area contributed by atoms with Gasteiger partial charge < -0.3 is 15.4 Å². The third-order valence-corrected chi connectivity index (χ3v) is 3.65. The first-order chi connectivity index (χ1) is 10.1. The molecule has 6 nitrogen and oxygen atoms in total. The molecule has 0 fully saturated rings. The van der Waals surface area contributed by atoms with Gasteiger partial charge in [0.25, 0.3) is 0 Å². The van der Waals surface area contributed by atoms with Crippen LogP contribution in [-0.2, 0) is 16.1 Å². The number of carbonyl (C=O) groups is 2. The van der Waals surface area contributed by atoms with Crippen LogP contribution < -0.4 is 10.6 Å². The number of amides is 2. The van der Waals surface area contributed by atoms with Crippen LogP contribution in [0.3, 0.4) is 0 Å². The predicted octanol–water partition coefficient (Wildman–Crippen LogP) is 1.52. The molecule has 112 valence electrons. The molecule has 7 heteroatoms. The molecule has 0 aromatic heterocycles. The molecule has 0 bridgehead atoms. The van der Waals surface area contributed by atoms with Gasteiger partial charge in [0.15, 0.2) is 5.17 Å². The summed E-state index contributed by atoms with van der Waals surface area (Å²) in [6.45, 7) is 2.48. The van der Waals surface area contributed by atoms with Gasteiger partial charge in [0.05, 0.1) is 6.54 Å². The summed E-state index contributed by atoms with van der Waals surface area (Å²) < 4.78 is 5.05. The number of carbonyl (C=O) groups excluding carboxylic acids is 2. The van der Waals surface area contributed by atoms with Gasteiger partial charge in [-0.3, -0.25) is 9.79 Å². The van der Waals surface area contributed by atoms with Crippen molar-refractivity contribution in [1.82, 2.24) is 10.6 Å². The second-order valence-electron chi connectivity index (χ2n) is 4.45. The van der Waals surface area contributed by atoms with E-state index >= 15 is 0 Å². The van der Waals surface area contributed by atoms with Crippen LogP contribution in [0.25, 0.3) is 0 Å². The van der Waals surface area contributed by atoms with E-state index in [1.807, 2.05) is 30.3 Å². The normalized spacial score (nSPS) is 15.0. The summed E-state index contributed by atoms with van der Waals surface area (Å²) in [4.78, 5) is 27.6. The number of hydrogen-bond donors (Lipinski definition) is 2. The molecule has 0 saturated carbocycles. The zero-order valence-corrected chi connectivity index (χ0v) is 12.5. The van der Waals surface area contributed by atoms with Crippen molar-refractivity contribution in [2.45, 2.75) is 19.6 Å². The molecule has 1 aromatic rings. The first kappa shape index (κ1) is 15.4. The number of nitrogens with zero attached hydrogens (tertiary/aromatic N) is 1. The maximum Gasteiger partial charge on any atom is 0.408 e. The van der Waals surface area contributed by atoms with Crippen molar-refractivity contribution in [3.63, 3.8) is 0 Å². The highest BCUT2D eigenvalue weighted by atomic mass is 32.2. The number of alkyl carbamates (subject to hydrolysis) is 1. The fourth-order valence-electron chi connectivity index (χ4n) is 1.63. The third kappa shape index (κ3) is 5.11. The van der Waals surface area contributed by atoms with Crippen LogP contribution in [0.2, 0.25) is 0 Å². The number of thioether (sulfide) groups is 1. The average molecular weight is 307 g/mol. The van der Waals surface area contributed by atoms with Gasteiger partial charge in [-0.15, -0.1) is 0 Å². The van der Waals surface area contributed by atoms with Gasteiger partial charge in [-0.25, -0.2) is 4.79 Å². The molecule has 1 aliphatic heterocycles. The summed E-state index contributed by atoms with van der Waals surface area (Å²) in [6, 6.07) is 8.66. The van der Waals surface area contributed by atoms with Gasteiger partial charge >= 0.3 is 6.09 Å². The van der Waals surface area contributed by atoms with E-state index < -0.39 is 12.1 Å².